The average Bonchev–Trinajstić information content (AvgIpc) is 2.58. The van der Waals surface area contributed by atoms with Gasteiger partial charge in [0.15, 0.2) is 11.6 Å². The minimum Gasteiger partial charge on any atom is -0.399 e. The zero-order valence-corrected chi connectivity index (χ0v) is 12.1. The minimum absolute atomic E-state index is 0.106. The molecular weight excluding hydrogens is 286 g/mol. The van der Waals surface area contributed by atoms with Crippen LogP contribution in [0, 0.1) is 17.6 Å². The average molecular weight is 304 g/mol. The van der Waals surface area contributed by atoms with Crippen LogP contribution < -0.4 is 5.73 Å². The van der Waals surface area contributed by atoms with E-state index in [-0.39, 0.29) is 5.69 Å². The molecule has 0 saturated carbocycles. The molecule has 2 rings (SSSR count). The second kappa shape index (κ2) is 5.65. The molecule has 0 amide bonds. The lowest BCUT2D eigenvalue weighted by molar-refractivity contribution is 0.409. The van der Waals surface area contributed by atoms with Gasteiger partial charge in [0.1, 0.15) is 4.90 Å². The number of nitrogens with two attached hydrogens (primary N) is 1. The molecule has 1 aliphatic heterocycles. The van der Waals surface area contributed by atoms with Gasteiger partial charge in [0.25, 0.3) is 0 Å². The van der Waals surface area contributed by atoms with Gasteiger partial charge in [-0.2, -0.15) is 4.31 Å². The fraction of sp³-hybridized carbons (Fsp3) is 0.538. The molecule has 1 saturated heterocycles. The summed E-state index contributed by atoms with van der Waals surface area (Å²) in [4.78, 5) is -0.676. The lowest BCUT2D eigenvalue weighted by Crippen LogP contribution is -2.33. The molecule has 1 aliphatic rings. The van der Waals surface area contributed by atoms with Crippen molar-refractivity contribution in [2.45, 2.75) is 31.1 Å². The summed E-state index contributed by atoms with van der Waals surface area (Å²) in [7, 11) is -4.05. The Hall–Kier alpha value is -1.21. The molecule has 20 heavy (non-hydrogen) atoms. The van der Waals surface area contributed by atoms with Crippen molar-refractivity contribution < 1.29 is 17.2 Å². The van der Waals surface area contributed by atoms with Gasteiger partial charge < -0.3 is 5.73 Å². The van der Waals surface area contributed by atoms with Crippen molar-refractivity contribution in [3.05, 3.63) is 23.8 Å². The fourth-order valence-corrected chi connectivity index (χ4v) is 3.99. The van der Waals surface area contributed by atoms with Crippen molar-refractivity contribution in [3.8, 4) is 0 Å². The second-order valence-corrected chi connectivity index (χ2v) is 7.16. The van der Waals surface area contributed by atoms with Crippen molar-refractivity contribution in [3.63, 3.8) is 0 Å². The molecule has 0 aliphatic carbocycles. The number of nitrogens with zero attached hydrogens (tertiary/aromatic N) is 1. The first-order valence-electron chi connectivity index (χ1n) is 6.57. The number of hydrogen-bond acceptors (Lipinski definition) is 3. The summed E-state index contributed by atoms with van der Waals surface area (Å²) in [6, 6.07) is 1.75. The van der Waals surface area contributed by atoms with Gasteiger partial charge in [-0.15, -0.1) is 0 Å². The molecule has 0 spiro atoms. The quantitative estimate of drug-likeness (QED) is 0.853. The third-order valence-corrected chi connectivity index (χ3v) is 5.51. The van der Waals surface area contributed by atoms with Gasteiger partial charge in [-0.05, 0) is 37.3 Å². The summed E-state index contributed by atoms with van der Waals surface area (Å²) >= 11 is 0. The summed E-state index contributed by atoms with van der Waals surface area (Å²) in [6.45, 7) is 2.69. The van der Waals surface area contributed by atoms with E-state index in [2.05, 4.69) is 6.92 Å². The van der Waals surface area contributed by atoms with E-state index in [4.69, 9.17) is 5.73 Å². The zero-order valence-electron chi connectivity index (χ0n) is 11.3. The molecule has 112 valence electrons. The number of anilines is 1. The molecule has 1 aromatic rings. The molecule has 0 bridgehead atoms. The van der Waals surface area contributed by atoms with Crippen molar-refractivity contribution in [2.75, 3.05) is 18.8 Å². The SMILES string of the molecule is CC1CCCN(S(=O)(=O)c2cc(N)cc(F)c2F)CC1. The van der Waals surface area contributed by atoms with Crippen LogP contribution in [0.4, 0.5) is 14.5 Å². The van der Waals surface area contributed by atoms with E-state index in [0.717, 1.165) is 18.6 Å². The Morgan fingerprint density at radius 3 is 2.65 bits per heavy atom. The number of halogens is 2. The van der Waals surface area contributed by atoms with E-state index >= 15 is 0 Å². The summed E-state index contributed by atoms with van der Waals surface area (Å²) in [6.07, 6.45) is 2.36. The Kier molecular flexibility index (Phi) is 4.29. The Labute approximate surface area is 117 Å². The predicted octanol–water partition coefficient (Wildman–Crippen LogP) is 2.36. The van der Waals surface area contributed by atoms with Crippen LogP contribution in [0.1, 0.15) is 26.2 Å². The Balaban J connectivity index is 2.40. The van der Waals surface area contributed by atoms with E-state index in [1.54, 1.807) is 0 Å². The highest BCUT2D eigenvalue weighted by atomic mass is 32.2. The summed E-state index contributed by atoms with van der Waals surface area (Å²) < 4.78 is 53.2. The van der Waals surface area contributed by atoms with Gasteiger partial charge in [0, 0.05) is 18.8 Å². The Morgan fingerprint density at radius 1 is 1.25 bits per heavy atom. The van der Waals surface area contributed by atoms with Crippen molar-refractivity contribution in [1.82, 2.24) is 4.31 Å². The normalized spacial score (nSPS) is 21.6. The van der Waals surface area contributed by atoms with Crippen LogP contribution in [-0.4, -0.2) is 25.8 Å². The number of rotatable bonds is 2. The molecule has 1 atom stereocenters. The maximum absolute atomic E-state index is 13.8. The number of benzene rings is 1. The van der Waals surface area contributed by atoms with E-state index in [9.17, 15) is 17.2 Å². The van der Waals surface area contributed by atoms with Crippen molar-refractivity contribution >= 4 is 15.7 Å². The topological polar surface area (TPSA) is 63.4 Å². The van der Waals surface area contributed by atoms with E-state index in [1.165, 1.54) is 4.31 Å². The molecular formula is C13H18F2N2O2S. The number of sulfonamides is 1. The van der Waals surface area contributed by atoms with Gasteiger partial charge in [-0.1, -0.05) is 6.92 Å². The molecule has 1 fully saturated rings. The summed E-state index contributed by atoms with van der Waals surface area (Å²) in [5.74, 6) is -2.18. The monoisotopic (exact) mass is 304 g/mol. The van der Waals surface area contributed by atoms with Crippen LogP contribution in [0.2, 0.25) is 0 Å². The molecule has 0 radical (unpaired) electrons. The third kappa shape index (κ3) is 2.93. The van der Waals surface area contributed by atoms with Gasteiger partial charge >= 0.3 is 0 Å². The minimum atomic E-state index is -4.05. The lowest BCUT2D eigenvalue weighted by atomic mass is 10.0. The number of hydrogen-bond donors (Lipinski definition) is 1. The predicted molar refractivity (Wildman–Crippen MR) is 72.5 cm³/mol. The van der Waals surface area contributed by atoms with Crippen LogP contribution in [-0.2, 0) is 10.0 Å². The summed E-state index contributed by atoms with van der Waals surface area (Å²) in [5, 5.41) is 0. The highest BCUT2D eigenvalue weighted by Gasteiger charge is 2.30. The Morgan fingerprint density at radius 2 is 1.95 bits per heavy atom. The first-order valence-corrected chi connectivity index (χ1v) is 8.01. The van der Waals surface area contributed by atoms with Gasteiger partial charge in [0.05, 0.1) is 0 Å². The largest absolute Gasteiger partial charge is 0.399 e. The van der Waals surface area contributed by atoms with Crippen LogP contribution >= 0.6 is 0 Å². The second-order valence-electron chi connectivity index (χ2n) is 5.26. The van der Waals surface area contributed by atoms with E-state index in [0.29, 0.717) is 31.8 Å². The number of nitrogen functional groups attached to an aromatic ring is 1. The molecule has 1 heterocycles. The van der Waals surface area contributed by atoms with Crippen LogP contribution in [0.15, 0.2) is 17.0 Å². The standard InChI is InChI=1S/C13H18F2N2O2S/c1-9-3-2-5-17(6-4-9)20(18,19)12-8-10(16)7-11(14)13(12)15/h7-9H,2-6,16H2,1H3. The lowest BCUT2D eigenvalue weighted by Gasteiger charge is -2.20. The molecule has 7 heteroatoms. The molecule has 4 nitrogen and oxygen atoms in total. The van der Waals surface area contributed by atoms with E-state index < -0.39 is 26.6 Å². The van der Waals surface area contributed by atoms with Crippen molar-refractivity contribution in [2.24, 2.45) is 5.92 Å². The molecule has 1 unspecified atom stereocenters. The maximum Gasteiger partial charge on any atom is 0.246 e. The van der Waals surface area contributed by atoms with Crippen LogP contribution in [0.3, 0.4) is 0 Å². The first-order chi connectivity index (χ1) is 9.32. The molecule has 0 aromatic heterocycles. The summed E-state index contributed by atoms with van der Waals surface area (Å²) in [5.41, 5.74) is 5.31. The molecule has 2 N–H and O–H groups in total. The van der Waals surface area contributed by atoms with Gasteiger partial charge in [0.2, 0.25) is 10.0 Å². The fourth-order valence-electron chi connectivity index (χ4n) is 2.39. The van der Waals surface area contributed by atoms with Gasteiger partial charge in [-0.3, -0.25) is 0 Å². The smallest absolute Gasteiger partial charge is 0.246 e. The van der Waals surface area contributed by atoms with Gasteiger partial charge in [-0.25, -0.2) is 17.2 Å². The molecule has 1 aromatic carbocycles. The van der Waals surface area contributed by atoms with E-state index in [1.807, 2.05) is 0 Å². The van der Waals surface area contributed by atoms with Crippen LogP contribution in [0.25, 0.3) is 0 Å². The van der Waals surface area contributed by atoms with Crippen molar-refractivity contribution in [1.29, 1.82) is 0 Å². The third-order valence-electron chi connectivity index (χ3n) is 3.61. The maximum atomic E-state index is 13.8. The zero-order chi connectivity index (χ0) is 14.9. The Bertz CT molecular complexity index is 605. The van der Waals surface area contributed by atoms with Crippen LogP contribution in [0.5, 0.6) is 0 Å². The highest BCUT2D eigenvalue weighted by molar-refractivity contribution is 7.89. The first kappa shape index (κ1) is 15.2. The highest BCUT2D eigenvalue weighted by Crippen LogP contribution is 2.27.